The third-order valence-corrected chi connectivity index (χ3v) is 4.06. The van der Waals surface area contributed by atoms with Gasteiger partial charge in [-0.2, -0.15) is 0 Å². The molecule has 0 N–H and O–H groups in total. The lowest BCUT2D eigenvalue weighted by atomic mass is 9.85. The molecule has 0 radical (unpaired) electrons. The number of carbonyl (C=O) groups excluding carboxylic acids is 1. The van der Waals surface area contributed by atoms with Gasteiger partial charge in [-0.05, 0) is 71.0 Å². The number of hydrogen-bond donors (Lipinski definition) is 0. The van der Waals surface area contributed by atoms with Gasteiger partial charge in [-0.25, -0.2) is 0 Å². The molecule has 0 saturated heterocycles. The van der Waals surface area contributed by atoms with Crippen LogP contribution in [0.2, 0.25) is 0 Å². The SMILES string of the molecule is O=C(Cl)c1ccc2c(c1)CCc1cc(Br)ccc1-2. The summed E-state index contributed by atoms with van der Waals surface area (Å²) >= 11 is 9.02. The standard InChI is InChI=1S/C15H10BrClO/c16-12-4-6-14-10(8-12)2-1-9-7-11(15(17)18)3-5-13(9)14/h3-8H,1-2H2. The van der Waals surface area contributed by atoms with E-state index in [-0.39, 0.29) is 5.24 Å². The molecule has 0 bridgehead atoms. The highest BCUT2D eigenvalue weighted by Gasteiger charge is 2.17. The van der Waals surface area contributed by atoms with Gasteiger partial charge in [0.25, 0.3) is 5.24 Å². The Hall–Kier alpha value is -1.12. The molecule has 1 nitrogen and oxygen atoms in total. The van der Waals surface area contributed by atoms with Crippen molar-refractivity contribution in [2.24, 2.45) is 0 Å². The van der Waals surface area contributed by atoms with E-state index in [1.165, 1.54) is 22.3 Å². The van der Waals surface area contributed by atoms with Gasteiger partial charge in [0.2, 0.25) is 0 Å². The third kappa shape index (κ3) is 2.00. The highest BCUT2D eigenvalue weighted by atomic mass is 79.9. The van der Waals surface area contributed by atoms with Gasteiger partial charge in [-0.1, -0.05) is 28.1 Å². The van der Waals surface area contributed by atoms with Crippen LogP contribution in [0, 0.1) is 0 Å². The zero-order chi connectivity index (χ0) is 12.7. The highest BCUT2D eigenvalue weighted by Crippen LogP contribution is 2.35. The number of aryl methyl sites for hydroxylation is 2. The Morgan fingerprint density at radius 3 is 2.28 bits per heavy atom. The summed E-state index contributed by atoms with van der Waals surface area (Å²) in [5.41, 5.74) is 5.60. The maximum atomic E-state index is 11.2. The molecule has 0 fully saturated rings. The summed E-state index contributed by atoms with van der Waals surface area (Å²) < 4.78 is 1.11. The number of benzene rings is 2. The number of fused-ring (bicyclic) bond motifs is 3. The Kier molecular flexibility index (Phi) is 3.00. The van der Waals surface area contributed by atoms with Crippen molar-refractivity contribution < 1.29 is 4.79 Å². The quantitative estimate of drug-likeness (QED) is 0.702. The second-order valence-corrected chi connectivity index (χ2v) is 5.71. The van der Waals surface area contributed by atoms with Crippen molar-refractivity contribution in [3.63, 3.8) is 0 Å². The lowest BCUT2D eigenvalue weighted by Gasteiger charge is -2.20. The average molecular weight is 322 g/mol. The Labute approximate surface area is 119 Å². The van der Waals surface area contributed by atoms with Crippen LogP contribution in [0.25, 0.3) is 11.1 Å². The van der Waals surface area contributed by atoms with Crippen molar-refractivity contribution in [3.05, 3.63) is 57.6 Å². The molecule has 0 unspecified atom stereocenters. The van der Waals surface area contributed by atoms with Crippen LogP contribution in [0.4, 0.5) is 0 Å². The predicted octanol–water partition coefficient (Wildman–Crippen LogP) is 4.59. The maximum Gasteiger partial charge on any atom is 0.252 e. The summed E-state index contributed by atoms with van der Waals surface area (Å²) in [6.07, 6.45) is 1.96. The zero-order valence-electron chi connectivity index (χ0n) is 9.54. The Morgan fingerprint density at radius 1 is 1.00 bits per heavy atom. The molecule has 0 saturated carbocycles. The second-order valence-electron chi connectivity index (χ2n) is 4.45. The van der Waals surface area contributed by atoms with E-state index >= 15 is 0 Å². The summed E-state index contributed by atoms with van der Waals surface area (Å²) in [4.78, 5) is 11.2. The van der Waals surface area contributed by atoms with Crippen molar-refractivity contribution in [2.45, 2.75) is 12.8 Å². The fourth-order valence-electron chi connectivity index (χ4n) is 2.49. The van der Waals surface area contributed by atoms with Crippen LogP contribution >= 0.6 is 27.5 Å². The van der Waals surface area contributed by atoms with Crippen LogP contribution in [-0.2, 0) is 12.8 Å². The minimum atomic E-state index is -0.389. The van der Waals surface area contributed by atoms with Gasteiger partial charge in [0.15, 0.2) is 0 Å². The number of hydrogen-bond acceptors (Lipinski definition) is 1. The summed E-state index contributed by atoms with van der Waals surface area (Å²) in [5, 5.41) is -0.389. The Bertz CT molecular complexity index is 649. The highest BCUT2D eigenvalue weighted by molar-refractivity contribution is 9.10. The molecule has 1 aliphatic rings. The number of halogens is 2. The van der Waals surface area contributed by atoms with Gasteiger partial charge in [0, 0.05) is 10.0 Å². The van der Waals surface area contributed by atoms with Crippen molar-refractivity contribution >= 4 is 32.8 Å². The lowest BCUT2D eigenvalue weighted by molar-refractivity contribution is 0.108. The van der Waals surface area contributed by atoms with E-state index in [4.69, 9.17) is 11.6 Å². The van der Waals surface area contributed by atoms with Crippen LogP contribution < -0.4 is 0 Å². The molecular formula is C15H10BrClO. The topological polar surface area (TPSA) is 17.1 Å². The average Bonchev–Trinajstić information content (AvgIpc) is 2.37. The smallest absolute Gasteiger partial charge is 0.252 e. The van der Waals surface area contributed by atoms with Crippen molar-refractivity contribution in [1.29, 1.82) is 0 Å². The van der Waals surface area contributed by atoms with E-state index in [1.807, 2.05) is 12.1 Å². The van der Waals surface area contributed by atoms with Crippen LogP contribution in [0.1, 0.15) is 21.5 Å². The minimum Gasteiger partial charge on any atom is -0.276 e. The zero-order valence-corrected chi connectivity index (χ0v) is 11.9. The second kappa shape index (κ2) is 4.52. The molecule has 0 heterocycles. The van der Waals surface area contributed by atoms with Gasteiger partial charge < -0.3 is 0 Å². The Balaban J connectivity index is 2.16. The van der Waals surface area contributed by atoms with E-state index in [9.17, 15) is 4.79 Å². The van der Waals surface area contributed by atoms with Gasteiger partial charge in [-0.15, -0.1) is 0 Å². The van der Waals surface area contributed by atoms with Crippen molar-refractivity contribution in [1.82, 2.24) is 0 Å². The van der Waals surface area contributed by atoms with Gasteiger partial charge in [0.05, 0.1) is 0 Å². The summed E-state index contributed by atoms with van der Waals surface area (Å²) in [7, 11) is 0. The fourth-order valence-corrected chi connectivity index (χ4v) is 3.01. The molecule has 2 aromatic carbocycles. The first-order valence-corrected chi connectivity index (χ1v) is 6.94. The largest absolute Gasteiger partial charge is 0.276 e. The molecule has 18 heavy (non-hydrogen) atoms. The van der Waals surface area contributed by atoms with E-state index in [0.717, 1.165) is 17.3 Å². The molecule has 2 aromatic rings. The first-order valence-electron chi connectivity index (χ1n) is 5.77. The van der Waals surface area contributed by atoms with E-state index in [1.54, 1.807) is 6.07 Å². The van der Waals surface area contributed by atoms with Crippen molar-refractivity contribution in [3.8, 4) is 11.1 Å². The van der Waals surface area contributed by atoms with Gasteiger partial charge in [-0.3, -0.25) is 4.79 Å². The van der Waals surface area contributed by atoms with Crippen LogP contribution in [0.3, 0.4) is 0 Å². The lowest BCUT2D eigenvalue weighted by Crippen LogP contribution is -2.05. The Morgan fingerprint density at radius 2 is 1.61 bits per heavy atom. The van der Waals surface area contributed by atoms with Gasteiger partial charge >= 0.3 is 0 Å². The molecule has 3 rings (SSSR count). The van der Waals surface area contributed by atoms with E-state index in [2.05, 4.69) is 34.1 Å². The molecule has 0 spiro atoms. The predicted molar refractivity (Wildman–Crippen MR) is 77.2 cm³/mol. The number of carbonyl (C=O) groups is 1. The summed E-state index contributed by atoms with van der Waals surface area (Å²) in [5.74, 6) is 0. The first kappa shape index (κ1) is 11.9. The molecule has 0 aliphatic heterocycles. The van der Waals surface area contributed by atoms with Crippen LogP contribution in [-0.4, -0.2) is 5.24 Å². The molecule has 1 aliphatic carbocycles. The first-order chi connectivity index (χ1) is 8.65. The molecular weight excluding hydrogens is 312 g/mol. The minimum absolute atomic E-state index is 0.389. The number of rotatable bonds is 1. The van der Waals surface area contributed by atoms with Crippen LogP contribution in [0.15, 0.2) is 40.9 Å². The fraction of sp³-hybridized carbons (Fsp3) is 0.133. The van der Waals surface area contributed by atoms with Crippen LogP contribution in [0.5, 0.6) is 0 Å². The molecule has 0 amide bonds. The summed E-state index contributed by atoms with van der Waals surface area (Å²) in [6.45, 7) is 0. The van der Waals surface area contributed by atoms with Gasteiger partial charge in [0.1, 0.15) is 0 Å². The molecule has 0 atom stereocenters. The van der Waals surface area contributed by atoms with E-state index < -0.39 is 0 Å². The van der Waals surface area contributed by atoms with Crippen molar-refractivity contribution in [2.75, 3.05) is 0 Å². The molecule has 0 aromatic heterocycles. The van der Waals surface area contributed by atoms with E-state index in [0.29, 0.717) is 5.56 Å². The third-order valence-electron chi connectivity index (χ3n) is 3.35. The molecule has 90 valence electrons. The molecule has 3 heteroatoms. The summed E-state index contributed by atoms with van der Waals surface area (Å²) in [6, 6.07) is 12.0. The monoisotopic (exact) mass is 320 g/mol. The maximum absolute atomic E-state index is 11.2. The normalized spacial score (nSPS) is 12.8.